The van der Waals surface area contributed by atoms with E-state index in [2.05, 4.69) is 10.1 Å². The van der Waals surface area contributed by atoms with Crippen molar-refractivity contribution in [3.05, 3.63) is 95.8 Å². The average molecular weight is 401 g/mol. The van der Waals surface area contributed by atoms with Crippen molar-refractivity contribution in [2.75, 3.05) is 6.61 Å². The Morgan fingerprint density at radius 3 is 2.21 bits per heavy atom. The van der Waals surface area contributed by atoms with Gasteiger partial charge in [0.2, 0.25) is 0 Å². The molecule has 0 spiro atoms. The second-order valence-electron chi connectivity index (χ2n) is 6.10. The molecule has 0 saturated carbocycles. The van der Waals surface area contributed by atoms with Crippen LogP contribution in [-0.4, -0.2) is 19.1 Å². The standard InChI is InChI=1S/C22H18F3NO3/c23-17-7-4-8-19(13-17)28-14-20(27)26-21(15-5-2-1-3-6-15)16-9-11-18(12-10-16)29-22(24)25/h1-13,21-22H,14H2,(H,26,27). The van der Waals surface area contributed by atoms with Crippen molar-refractivity contribution >= 4 is 5.91 Å². The molecule has 1 atom stereocenters. The van der Waals surface area contributed by atoms with Crippen molar-refractivity contribution in [1.82, 2.24) is 5.32 Å². The molecule has 1 amide bonds. The first kappa shape index (κ1) is 20.3. The first-order chi connectivity index (χ1) is 14.0. The number of carbonyl (C=O) groups is 1. The normalized spacial score (nSPS) is 11.7. The highest BCUT2D eigenvalue weighted by Crippen LogP contribution is 2.25. The Morgan fingerprint density at radius 2 is 1.55 bits per heavy atom. The van der Waals surface area contributed by atoms with Crippen LogP contribution in [0.3, 0.4) is 0 Å². The highest BCUT2D eigenvalue weighted by Gasteiger charge is 2.18. The van der Waals surface area contributed by atoms with Crippen LogP contribution in [-0.2, 0) is 4.79 Å². The van der Waals surface area contributed by atoms with Gasteiger partial charge in [-0.3, -0.25) is 4.79 Å². The zero-order chi connectivity index (χ0) is 20.6. The van der Waals surface area contributed by atoms with E-state index in [1.165, 1.54) is 30.3 Å². The van der Waals surface area contributed by atoms with Crippen LogP contribution in [0.2, 0.25) is 0 Å². The van der Waals surface area contributed by atoms with Crippen LogP contribution in [0.15, 0.2) is 78.9 Å². The van der Waals surface area contributed by atoms with E-state index in [4.69, 9.17) is 4.74 Å². The van der Waals surface area contributed by atoms with Gasteiger partial charge in [-0.15, -0.1) is 0 Å². The van der Waals surface area contributed by atoms with Gasteiger partial charge in [-0.05, 0) is 35.4 Å². The Labute approximate surface area is 165 Å². The molecule has 0 fully saturated rings. The molecule has 29 heavy (non-hydrogen) atoms. The van der Waals surface area contributed by atoms with E-state index in [-0.39, 0.29) is 18.1 Å². The molecule has 150 valence electrons. The third-order valence-electron chi connectivity index (χ3n) is 4.04. The molecule has 1 N–H and O–H groups in total. The molecule has 0 aromatic heterocycles. The summed E-state index contributed by atoms with van der Waals surface area (Å²) >= 11 is 0. The second-order valence-corrected chi connectivity index (χ2v) is 6.10. The van der Waals surface area contributed by atoms with E-state index in [9.17, 15) is 18.0 Å². The highest BCUT2D eigenvalue weighted by molar-refractivity contribution is 5.78. The van der Waals surface area contributed by atoms with Crippen LogP contribution in [0.1, 0.15) is 17.2 Å². The van der Waals surface area contributed by atoms with Gasteiger partial charge in [0.15, 0.2) is 6.61 Å². The van der Waals surface area contributed by atoms with Gasteiger partial charge in [-0.1, -0.05) is 48.5 Å². The van der Waals surface area contributed by atoms with Gasteiger partial charge in [0, 0.05) is 6.07 Å². The minimum absolute atomic E-state index is 0.0244. The summed E-state index contributed by atoms with van der Waals surface area (Å²) in [5, 5.41) is 2.85. The lowest BCUT2D eigenvalue weighted by Crippen LogP contribution is -2.33. The van der Waals surface area contributed by atoms with Crippen molar-refractivity contribution in [3.63, 3.8) is 0 Å². The number of benzene rings is 3. The lowest BCUT2D eigenvalue weighted by atomic mass is 9.98. The lowest BCUT2D eigenvalue weighted by molar-refractivity contribution is -0.123. The molecule has 0 aliphatic rings. The molecule has 0 radical (unpaired) electrons. The molecule has 3 aromatic carbocycles. The fourth-order valence-corrected chi connectivity index (χ4v) is 2.75. The summed E-state index contributed by atoms with van der Waals surface area (Å²) < 4.78 is 47.6. The van der Waals surface area contributed by atoms with Crippen LogP contribution >= 0.6 is 0 Å². The Balaban J connectivity index is 1.73. The van der Waals surface area contributed by atoms with Gasteiger partial charge >= 0.3 is 6.61 Å². The van der Waals surface area contributed by atoms with Gasteiger partial charge in [-0.25, -0.2) is 4.39 Å². The van der Waals surface area contributed by atoms with E-state index in [0.717, 1.165) is 5.56 Å². The summed E-state index contributed by atoms with van der Waals surface area (Å²) in [4.78, 5) is 12.4. The minimum atomic E-state index is -2.91. The van der Waals surface area contributed by atoms with Gasteiger partial charge < -0.3 is 14.8 Å². The van der Waals surface area contributed by atoms with Crippen molar-refractivity contribution in [1.29, 1.82) is 0 Å². The second kappa shape index (κ2) is 9.64. The monoisotopic (exact) mass is 401 g/mol. The van der Waals surface area contributed by atoms with Crippen LogP contribution in [0.4, 0.5) is 13.2 Å². The van der Waals surface area contributed by atoms with Crippen LogP contribution in [0.25, 0.3) is 0 Å². The summed E-state index contributed by atoms with van der Waals surface area (Å²) in [5.74, 6) is -0.617. The van der Waals surface area contributed by atoms with Crippen molar-refractivity contribution in [2.45, 2.75) is 12.7 Å². The Hall–Kier alpha value is -3.48. The molecule has 0 bridgehead atoms. The Bertz CT molecular complexity index is 934. The predicted octanol–water partition coefficient (Wildman–Crippen LogP) is 4.71. The maximum atomic E-state index is 13.2. The van der Waals surface area contributed by atoms with E-state index in [0.29, 0.717) is 5.56 Å². The van der Waals surface area contributed by atoms with Crippen molar-refractivity contribution in [3.8, 4) is 11.5 Å². The molecule has 3 rings (SSSR count). The van der Waals surface area contributed by atoms with E-state index in [1.54, 1.807) is 18.2 Å². The van der Waals surface area contributed by atoms with E-state index >= 15 is 0 Å². The highest BCUT2D eigenvalue weighted by atomic mass is 19.3. The number of alkyl halides is 2. The largest absolute Gasteiger partial charge is 0.484 e. The molecule has 0 aliphatic heterocycles. The lowest BCUT2D eigenvalue weighted by Gasteiger charge is -2.20. The summed E-state index contributed by atoms with van der Waals surface area (Å²) in [6.45, 7) is -3.22. The van der Waals surface area contributed by atoms with Crippen LogP contribution in [0.5, 0.6) is 11.5 Å². The van der Waals surface area contributed by atoms with Gasteiger partial charge in [0.05, 0.1) is 6.04 Å². The first-order valence-corrected chi connectivity index (χ1v) is 8.79. The number of carbonyl (C=O) groups excluding carboxylic acids is 1. The zero-order valence-electron chi connectivity index (χ0n) is 15.2. The van der Waals surface area contributed by atoms with Gasteiger partial charge in [0.1, 0.15) is 17.3 Å². The molecular weight excluding hydrogens is 383 g/mol. The maximum absolute atomic E-state index is 13.2. The molecule has 0 saturated heterocycles. The van der Waals surface area contributed by atoms with Crippen molar-refractivity contribution < 1.29 is 27.4 Å². The SMILES string of the molecule is O=C(COc1cccc(F)c1)NC(c1ccccc1)c1ccc(OC(F)F)cc1. The minimum Gasteiger partial charge on any atom is -0.484 e. The number of hydrogen-bond donors (Lipinski definition) is 1. The predicted molar refractivity (Wildman–Crippen MR) is 101 cm³/mol. The average Bonchev–Trinajstić information content (AvgIpc) is 2.71. The molecule has 3 aromatic rings. The Morgan fingerprint density at radius 1 is 0.862 bits per heavy atom. The smallest absolute Gasteiger partial charge is 0.387 e. The van der Waals surface area contributed by atoms with Gasteiger partial charge in [-0.2, -0.15) is 8.78 Å². The number of ether oxygens (including phenoxy) is 2. The number of hydrogen-bond acceptors (Lipinski definition) is 3. The first-order valence-electron chi connectivity index (χ1n) is 8.79. The molecular formula is C22H18F3NO3. The topological polar surface area (TPSA) is 47.6 Å². The fourth-order valence-electron chi connectivity index (χ4n) is 2.75. The molecule has 1 unspecified atom stereocenters. The molecule has 4 nitrogen and oxygen atoms in total. The Kier molecular flexibility index (Phi) is 6.73. The maximum Gasteiger partial charge on any atom is 0.387 e. The summed E-state index contributed by atoms with van der Waals surface area (Å²) in [6.07, 6.45) is 0. The number of nitrogens with one attached hydrogen (secondary N) is 1. The third-order valence-corrected chi connectivity index (χ3v) is 4.04. The van der Waals surface area contributed by atoms with E-state index in [1.807, 2.05) is 30.3 Å². The zero-order valence-corrected chi connectivity index (χ0v) is 15.2. The van der Waals surface area contributed by atoms with Crippen LogP contribution in [0, 0.1) is 5.82 Å². The molecule has 0 aliphatic carbocycles. The summed E-state index contributed by atoms with van der Waals surface area (Å²) in [5.41, 5.74) is 1.48. The summed E-state index contributed by atoms with van der Waals surface area (Å²) in [6, 6.07) is 20.2. The quantitative estimate of drug-likeness (QED) is 0.595. The molecule has 0 heterocycles. The fraction of sp³-hybridized carbons (Fsp3) is 0.136. The summed E-state index contributed by atoms with van der Waals surface area (Å²) in [7, 11) is 0. The molecule has 7 heteroatoms. The number of halogens is 3. The van der Waals surface area contributed by atoms with E-state index < -0.39 is 24.4 Å². The number of rotatable bonds is 8. The van der Waals surface area contributed by atoms with Gasteiger partial charge in [0.25, 0.3) is 5.91 Å². The van der Waals surface area contributed by atoms with Crippen LogP contribution < -0.4 is 14.8 Å². The van der Waals surface area contributed by atoms with Crippen molar-refractivity contribution in [2.24, 2.45) is 0 Å². The third kappa shape index (κ3) is 6.00. The number of amides is 1.